The number of nitriles is 1. The van der Waals surface area contributed by atoms with Gasteiger partial charge in [0.2, 0.25) is 0 Å². The van der Waals surface area contributed by atoms with Crippen LogP contribution in [0.25, 0.3) is 5.69 Å². The number of nitrogen functional groups attached to an aromatic ring is 1. The van der Waals surface area contributed by atoms with Crippen molar-refractivity contribution in [1.82, 2.24) is 9.78 Å². The Kier molecular flexibility index (Phi) is 11.2. The minimum absolute atomic E-state index is 0.205. The van der Waals surface area contributed by atoms with E-state index in [1.807, 2.05) is 12.1 Å². The van der Waals surface area contributed by atoms with Crippen LogP contribution < -0.4 is 9.31 Å². The van der Waals surface area contributed by atoms with E-state index in [-0.39, 0.29) is 21.6 Å². The van der Waals surface area contributed by atoms with Crippen molar-refractivity contribution in [3.05, 3.63) is 27.9 Å². The number of benzene rings is 1. The summed E-state index contributed by atoms with van der Waals surface area (Å²) in [4.78, 5) is -0.450. The van der Waals surface area contributed by atoms with Crippen LogP contribution in [0.2, 0.25) is 23.4 Å². The van der Waals surface area contributed by atoms with Crippen molar-refractivity contribution in [3.8, 4) is 11.8 Å². The van der Waals surface area contributed by atoms with Gasteiger partial charge in [0.1, 0.15) is 0 Å². The first-order valence-electron chi connectivity index (χ1n) is 11.6. The number of anilines is 1. The average molecular weight is 642 g/mol. The summed E-state index contributed by atoms with van der Waals surface area (Å²) in [6, 6.07) is 5.55. The van der Waals surface area contributed by atoms with Crippen LogP contribution in [0.15, 0.2) is 17.0 Å². The Hall–Kier alpha value is -0.761. The molecule has 11 heteroatoms. The van der Waals surface area contributed by atoms with Gasteiger partial charge in [-0.3, -0.25) is 0 Å². The molecule has 2 aromatic rings. The third-order valence-electron chi connectivity index (χ3n) is 6.07. The summed E-state index contributed by atoms with van der Waals surface area (Å²) in [5.41, 5.74) is 1.18. The van der Waals surface area contributed by atoms with Crippen LogP contribution in [0.1, 0.15) is 65.0 Å². The molecule has 0 amide bonds. The van der Waals surface area contributed by atoms with E-state index in [9.17, 15) is 18.4 Å². The average Bonchev–Trinajstić information content (AvgIpc) is 3.07. The quantitative estimate of drug-likeness (QED) is 0.187. The van der Waals surface area contributed by atoms with Gasteiger partial charge < -0.3 is 0 Å². The number of rotatable bonds is 12. The molecular formula is C23H31Cl2F3N4SSn. The van der Waals surface area contributed by atoms with E-state index in [1.165, 1.54) is 16.9 Å². The number of hydrogen-bond acceptors (Lipinski definition) is 4. The van der Waals surface area contributed by atoms with Crippen LogP contribution in [0.4, 0.5) is 19.0 Å². The summed E-state index contributed by atoms with van der Waals surface area (Å²) in [7, 11) is 0. The predicted octanol–water partition coefficient (Wildman–Crippen LogP) is 8.30. The second-order valence-corrected chi connectivity index (χ2v) is 23.6. The fourth-order valence-corrected chi connectivity index (χ4v) is 22.1. The van der Waals surface area contributed by atoms with Crippen LogP contribution in [0.3, 0.4) is 0 Å². The summed E-state index contributed by atoms with van der Waals surface area (Å²) in [5, 5.41) is 13.9. The Balaban J connectivity index is 2.64. The van der Waals surface area contributed by atoms with Crippen molar-refractivity contribution < 1.29 is 13.2 Å². The van der Waals surface area contributed by atoms with Crippen LogP contribution in [-0.4, -0.2) is 33.7 Å². The van der Waals surface area contributed by atoms with Crippen LogP contribution in [0.5, 0.6) is 0 Å². The number of thioether (sulfide) groups is 1. The predicted molar refractivity (Wildman–Crippen MR) is 139 cm³/mol. The monoisotopic (exact) mass is 642 g/mol. The zero-order valence-corrected chi connectivity index (χ0v) is 24.9. The number of nitrogens with two attached hydrogens (primary N) is 1. The van der Waals surface area contributed by atoms with E-state index in [0.29, 0.717) is 0 Å². The molecule has 34 heavy (non-hydrogen) atoms. The van der Waals surface area contributed by atoms with Crippen LogP contribution in [0, 0.1) is 11.3 Å². The van der Waals surface area contributed by atoms with Gasteiger partial charge in [-0.25, -0.2) is 0 Å². The molecule has 0 saturated heterocycles. The molecule has 0 fully saturated rings. The molecule has 0 spiro atoms. The van der Waals surface area contributed by atoms with Gasteiger partial charge in [-0.15, -0.1) is 0 Å². The molecule has 0 unspecified atom stereocenters. The molecular weight excluding hydrogens is 611 g/mol. The van der Waals surface area contributed by atoms with Gasteiger partial charge >= 0.3 is 219 Å². The number of alkyl halides is 3. The van der Waals surface area contributed by atoms with Gasteiger partial charge in [0.15, 0.2) is 0 Å². The summed E-state index contributed by atoms with van der Waals surface area (Å²) in [5.74, 6) is -0.312. The molecule has 188 valence electrons. The number of aromatic nitrogens is 2. The number of nitrogens with zero attached hydrogens (tertiary/aromatic N) is 3. The third kappa shape index (κ3) is 7.14. The molecule has 0 aliphatic carbocycles. The Morgan fingerprint density at radius 2 is 1.50 bits per heavy atom. The normalized spacial score (nSPS) is 12.2. The fourth-order valence-electron chi connectivity index (χ4n) is 4.30. The van der Waals surface area contributed by atoms with Gasteiger partial charge in [0.05, 0.1) is 0 Å². The van der Waals surface area contributed by atoms with Crippen molar-refractivity contribution >= 4 is 62.7 Å². The Morgan fingerprint density at radius 3 is 1.88 bits per heavy atom. The Bertz CT molecular complexity index is 976. The van der Waals surface area contributed by atoms with Crippen molar-refractivity contribution in [3.63, 3.8) is 0 Å². The van der Waals surface area contributed by atoms with Gasteiger partial charge in [0.25, 0.3) is 0 Å². The van der Waals surface area contributed by atoms with E-state index in [1.54, 1.807) is 6.07 Å². The molecule has 4 nitrogen and oxygen atoms in total. The van der Waals surface area contributed by atoms with Gasteiger partial charge in [0, 0.05) is 0 Å². The van der Waals surface area contributed by atoms with Crippen molar-refractivity contribution in [2.75, 3.05) is 5.73 Å². The van der Waals surface area contributed by atoms with Crippen molar-refractivity contribution in [1.29, 1.82) is 5.26 Å². The summed E-state index contributed by atoms with van der Waals surface area (Å²) >= 11 is 10.1. The zero-order chi connectivity index (χ0) is 25.5. The van der Waals surface area contributed by atoms with E-state index >= 15 is 0 Å². The molecule has 0 radical (unpaired) electrons. The molecule has 1 heterocycles. The summed E-state index contributed by atoms with van der Waals surface area (Å²) in [6.07, 6.45) is 6.85. The van der Waals surface area contributed by atoms with Gasteiger partial charge in [-0.2, -0.15) is 0 Å². The number of unbranched alkanes of at least 4 members (excludes halogenated alkanes) is 3. The molecule has 1 aromatic heterocycles. The molecule has 0 aliphatic heterocycles. The third-order valence-corrected chi connectivity index (χ3v) is 23.0. The van der Waals surface area contributed by atoms with Crippen LogP contribution >= 0.6 is 35.0 Å². The Morgan fingerprint density at radius 1 is 1.03 bits per heavy atom. The first-order chi connectivity index (χ1) is 16.0. The zero-order valence-electron chi connectivity index (χ0n) is 19.7. The molecule has 1 aromatic carbocycles. The standard InChI is InChI=1S/C11H4Cl2F3N4S.3C4H9.Sn/c12-5-2-1-3-6(13)8(5)20-10(18)9(7(4-17)19-20)21-11(14,15)16;3*1-3-4-2;/h2-3H,18H2;3*1,3-4H2,2H3;. The van der Waals surface area contributed by atoms with E-state index in [2.05, 4.69) is 25.9 Å². The summed E-state index contributed by atoms with van der Waals surface area (Å²) in [6.45, 7) is 6.59. The Labute approximate surface area is 218 Å². The molecule has 0 aliphatic rings. The summed E-state index contributed by atoms with van der Waals surface area (Å²) < 4.78 is 45.0. The number of halogens is 5. The maximum absolute atomic E-state index is 13.0. The molecule has 0 bridgehead atoms. The first kappa shape index (κ1) is 29.5. The fraction of sp³-hybridized carbons (Fsp3) is 0.565. The first-order valence-corrected chi connectivity index (χ1v) is 20.6. The molecule has 0 atom stereocenters. The van der Waals surface area contributed by atoms with Gasteiger partial charge in [-0.05, 0) is 0 Å². The van der Waals surface area contributed by atoms with Crippen molar-refractivity contribution in [2.24, 2.45) is 0 Å². The van der Waals surface area contributed by atoms with Crippen molar-refractivity contribution in [2.45, 2.75) is 83.0 Å². The van der Waals surface area contributed by atoms with E-state index < -0.39 is 46.2 Å². The topological polar surface area (TPSA) is 67.6 Å². The molecule has 0 saturated carbocycles. The van der Waals surface area contributed by atoms with E-state index in [0.717, 1.165) is 43.2 Å². The second-order valence-electron chi connectivity index (χ2n) is 8.51. The van der Waals surface area contributed by atoms with E-state index in [4.69, 9.17) is 28.9 Å². The van der Waals surface area contributed by atoms with Crippen LogP contribution in [-0.2, 0) is 0 Å². The number of hydrogen-bond donors (Lipinski definition) is 1. The van der Waals surface area contributed by atoms with Gasteiger partial charge in [-0.1, -0.05) is 0 Å². The molecule has 2 rings (SSSR count). The minimum atomic E-state index is -4.61. The SMILES string of the molecule is CCC[CH2][Sn]([CH2]CCC)([CH2]CCC)[c]1cc(Cl)c(-n2nc(C#N)c(SC(F)(F)F)c2N)c(Cl)c1. The molecule has 2 N–H and O–H groups in total. The second kappa shape index (κ2) is 13.0. The maximum atomic E-state index is 13.0.